The zero-order valence-corrected chi connectivity index (χ0v) is 17.9. The molecule has 4 rings (SSSR count). The number of hydrogen-bond acceptors (Lipinski definition) is 4. The first-order chi connectivity index (χ1) is 14.9. The van der Waals surface area contributed by atoms with Crippen LogP contribution >= 0.6 is 0 Å². The molecule has 0 aliphatic carbocycles. The zero-order chi connectivity index (χ0) is 22.3. The lowest BCUT2D eigenvalue weighted by Gasteiger charge is -2.38. The van der Waals surface area contributed by atoms with Crippen LogP contribution in [-0.2, 0) is 11.3 Å². The number of nitrogens with zero attached hydrogens (tertiary/aromatic N) is 3. The minimum absolute atomic E-state index is 0.146. The molecular formula is C24H27N3O4. The maximum absolute atomic E-state index is 13.5. The molecule has 7 heteroatoms. The number of carbonyl (C=O) groups is 2. The Balaban J connectivity index is 1.91. The highest BCUT2D eigenvalue weighted by molar-refractivity contribution is 5.96. The minimum Gasteiger partial charge on any atom is -0.396 e. The van der Waals surface area contributed by atoms with Crippen molar-refractivity contribution in [2.24, 2.45) is 11.8 Å². The summed E-state index contributed by atoms with van der Waals surface area (Å²) in [6, 6.07) is 11.4. The number of rotatable bonds is 4. The van der Waals surface area contributed by atoms with Crippen LogP contribution in [0, 0.1) is 11.8 Å². The molecule has 2 aliphatic heterocycles. The number of pyridine rings is 1. The average Bonchev–Trinajstić information content (AvgIpc) is 3.01. The van der Waals surface area contributed by atoms with Gasteiger partial charge in [-0.05, 0) is 31.2 Å². The molecule has 4 atom stereocenters. The second kappa shape index (κ2) is 8.15. The van der Waals surface area contributed by atoms with Gasteiger partial charge in [0.2, 0.25) is 5.91 Å². The molecular weight excluding hydrogens is 394 g/mol. The van der Waals surface area contributed by atoms with E-state index >= 15 is 0 Å². The number of aromatic nitrogens is 1. The van der Waals surface area contributed by atoms with Crippen molar-refractivity contribution >= 4 is 17.9 Å². The Morgan fingerprint density at radius 3 is 2.48 bits per heavy atom. The van der Waals surface area contributed by atoms with Gasteiger partial charge in [0.15, 0.2) is 0 Å². The van der Waals surface area contributed by atoms with E-state index in [2.05, 4.69) is 0 Å². The van der Waals surface area contributed by atoms with Gasteiger partial charge < -0.3 is 19.5 Å². The lowest BCUT2D eigenvalue weighted by Crippen LogP contribution is -2.49. The molecule has 0 spiro atoms. The van der Waals surface area contributed by atoms with Crippen LogP contribution in [0.25, 0.3) is 6.08 Å². The van der Waals surface area contributed by atoms with E-state index in [1.54, 1.807) is 66.0 Å². The number of allylic oxidation sites excluding steroid dienone is 1. The van der Waals surface area contributed by atoms with Crippen molar-refractivity contribution in [2.75, 3.05) is 20.7 Å². The maximum atomic E-state index is 13.5. The third kappa shape index (κ3) is 3.29. The summed E-state index contributed by atoms with van der Waals surface area (Å²) in [6.07, 6.45) is 3.56. The van der Waals surface area contributed by atoms with Gasteiger partial charge in [0, 0.05) is 50.0 Å². The first-order valence-corrected chi connectivity index (χ1v) is 10.5. The van der Waals surface area contributed by atoms with Gasteiger partial charge in [-0.2, -0.15) is 0 Å². The van der Waals surface area contributed by atoms with Crippen molar-refractivity contribution in [1.82, 2.24) is 14.4 Å². The van der Waals surface area contributed by atoms with Gasteiger partial charge in [0.1, 0.15) is 0 Å². The molecule has 2 aliphatic rings. The molecule has 162 valence electrons. The lowest BCUT2D eigenvalue weighted by molar-refractivity contribution is -0.135. The molecule has 1 aromatic heterocycles. The predicted octanol–water partition coefficient (Wildman–Crippen LogP) is 1.77. The Labute approximate surface area is 181 Å². The SMILES string of the molecule is C/C=C/c1ccc2n(c1=O)C[C@@H]1[C@@H](CO)[C@H](C(=O)N(C)C)[C@H]2N1C(=O)c1ccccc1. The highest BCUT2D eigenvalue weighted by atomic mass is 16.3. The van der Waals surface area contributed by atoms with Gasteiger partial charge in [-0.3, -0.25) is 14.4 Å². The third-order valence-corrected chi connectivity index (χ3v) is 6.40. The van der Waals surface area contributed by atoms with Gasteiger partial charge in [-0.15, -0.1) is 0 Å². The molecule has 7 nitrogen and oxygen atoms in total. The molecule has 1 N–H and O–H groups in total. The summed E-state index contributed by atoms with van der Waals surface area (Å²) in [5.74, 6) is -1.44. The third-order valence-electron chi connectivity index (χ3n) is 6.40. The number of aliphatic hydroxyl groups excluding tert-OH is 1. The van der Waals surface area contributed by atoms with E-state index in [0.717, 1.165) is 0 Å². The van der Waals surface area contributed by atoms with Crippen LogP contribution in [0.2, 0.25) is 0 Å². The van der Waals surface area contributed by atoms with E-state index in [-0.39, 0.29) is 30.5 Å². The van der Waals surface area contributed by atoms with E-state index in [4.69, 9.17) is 0 Å². The number of aliphatic hydroxyl groups is 1. The molecule has 2 aromatic rings. The number of amides is 2. The van der Waals surface area contributed by atoms with E-state index in [9.17, 15) is 19.5 Å². The summed E-state index contributed by atoms with van der Waals surface area (Å²) in [7, 11) is 3.34. The van der Waals surface area contributed by atoms with Gasteiger partial charge in [0.05, 0.1) is 18.0 Å². The molecule has 0 unspecified atom stereocenters. The van der Waals surface area contributed by atoms with Crippen molar-refractivity contribution < 1.29 is 14.7 Å². The number of carbonyl (C=O) groups excluding carboxylic acids is 2. The number of fused-ring (bicyclic) bond motifs is 4. The lowest BCUT2D eigenvalue weighted by atomic mass is 9.86. The quantitative estimate of drug-likeness (QED) is 0.816. The van der Waals surface area contributed by atoms with Gasteiger partial charge in [-0.25, -0.2) is 0 Å². The van der Waals surface area contributed by atoms with Gasteiger partial charge >= 0.3 is 0 Å². The standard InChI is InChI=1S/C24H27N3O4/c1-4-8-15-11-12-18-21-20(24(31)25(2)3)17(14-28)19(13-26(18)22(15)29)27(21)23(30)16-9-6-5-7-10-16/h4-12,17,19-21,28H,13-14H2,1-3H3/b8-4+/t17-,19-,20+,21+/m1/s1. The van der Waals surface area contributed by atoms with E-state index in [1.165, 1.54) is 4.90 Å². The second-order valence-corrected chi connectivity index (χ2v) is 8.32. The number of benzene rings is 1. The van der Waals surface area contributed by atoms with Gasteiger partial charge in [0.25, 0.3) is 11.5 Å². The largest absolute Gasteiger partial charge is 0.396 e. The van der Waals surface area contributed by atoms with Crippen LogP contribution < -0.4 is 5.56 Å². The Morgan fingerprint density at radius 1 is 1.16 bits per heavy atom. The van der Waals surface area contributed by atoms with Gasteiger partial charge in [-0.1, -0.05) is 30.4 Å². The molecule has 1 saturated heterocycles. The van der Waals surface area contributed by atoms with Crippen LogP contribution in [0.3, 0.4) is 0 Å². The highest BCUT2D eigenvalue weighted by Gasteiger charge is 2.57. The smallest absolute Gasteiger partial charge is 0.258 e. The Kier molecular flexibility index (Phi) is 5.54. The molecule has 0 saturated carbocycles. The van der Waals surface area contributed by atoms with E-state index in [0.29, 0.717) is 16.8 Å². The fourth-order valence-electron chi connectivity index (χ4n) is 5.02. The van der Waals surface area contributed by atoms with E-state index < -0.39 is 23.9 Å². The molecule has 0 radical (unpaired) electrons. The van der Waals surface area contributed by atoms with Crippen molar-refractivity contribution in [3.63, 3.8) is 0 Å². The Bertz CT molecular complexity index is 1090. The highest BCUT2D eigenvalue weighted by Crippen LogP contribution is 2.49. The monoisotopic (exact) mass is 421 g/mol. The zero-order valence-electron chi connectivity index (χ0n) is 17.9. The summed E-state index contributed by atoms with van der Waals surface area (Å²) < 4.78 is 1.67. The minimum atomic E-state index is -0.627. The summed E-state index contributed by atoms with van der Waals surface area (Å²) in [5.41, 5.74) is 1.57. The van der Waals surface area contributed by atoms with Crippen molar-refractivity contribution in [3.8, 4) is 0 Å². The van der Waals surface area contributed by atoms with Crippen molar-refractivity contribution in [3.05, 3.63) is 75.7 Å². The maximum Gasteiger partial charge on any atom is 0.258 e. The van der Waals surface area contributed by atoms with Crippen LogP contribution in [0.15, 0.2) is 53.3 Å². The van der Waals surface area contributed by atoms with Crippen molar-refractivity contribution in [2.45, 2.75) is 25.6 Å². The fourth-order valence-corrected chi connectivity index (χ4v) is 5.02. The summed E-state index contributed by atoms with van der Waals surface area (Å²) in [5, 5.41) is 10.3. The predicted molar refractivity (Wildman–Crippen MR) is 117 cm³/mol. The average molecular weight is 421 g/mol. The molecule has 1 fully saturated rings. The van der Waals surface area contributed by atoms with Crippen LogP contribution in [-0.4, -0.2) is 58.0 Å². The van der Waals surface area contributed by atoms with Crippen LogP contribution in [0.4, 0.5) is 0 Å². The Hall–Kier alpha value is -3.19. The van der Waals surface area contributed by atoms with Crippen LogP contribution in [0.1, 0.15) is 34.6 Å². The summed E-state index contributed by atoms with van der Waals surface area (Å²) >= 11 is 0. The molecule has 1 aromatic carbocycles. The first-order valence-electron chi connectivity index (χ1n) is 10.5. The Morgan fingerprint density at radius 2 is 1.87 bits per heavy atom. The van der Waals surface area contributed by atoms with Crippen LogP contribution in [0.5, 0.6) is 0 Å². The van der Waals surface area contributed by atoms with Crippen molar-refractivity contribution in [1.29, 1.82) is 0 Å². The first kappa shape index (κ1) is 21.1. The normalized spacial score (nSPS) is 24.3. The summed E-state index contributed by atoms with van der Waals surface area (Å²) in [4.78, 5) is 43.1. The second-order valence-electron chi connectivity index (χ2n) is 8.32. The molecule has 2 bridgehead atoms. The molecule has 2 amide bonds. The topological polar surface area (TPSA) is 82.8 Å². The molecule has 3 heterocycles. The summed E-state index contributed by atoms with van der Waals surface area (Å²) in [6.45, 7) is 1.85. The fraction of sp³-hybridized carbons (Fsp3) is 0.375. The number of hydrogen-bond donors (Lipinski definition) is 1. The molecule has 31 heavy (non-hydrogen) atoms. The van der Waals surface area contributed by atoms with E-state index in [1.807, 2.05) is 19.1 Å².